The van der Waals surface area contributed by atoms with Crippen LogP contribution in [0.25, 0.3) is 27.7 Å². The lowest BCUT2D eigenvalue weighted by Crippen LogP contribution is -2.21. The van der Waals surface area contributed by atoms with Gasteiger partial charge in [0.2, 0.25) is 0 Å². The monoisotopic (exact) mass is 386 g/mol. The SMILES string of the molecule is O=c1c2cnc3c(-c4ccccc4)cnn3c2ccn1Cc1ccc(Cl)cc1. The molecule has 0 atom stereocenters. The molecule has 136 valence electrons. The predicted molar refractivity (Wildman–Crippen MR) is 111 cm³/mol. The molecule has 0 radical (unpaired) electrons. The van der Waals surface area contributed by atoms with Gasteiger partial charge < -0.3 is 4.57 Å². The zero-order valence-electron chi connectivity index (χ0n) is 14.8. The van der Waals surface area contributed by atoms with Crippen LogP contribution < -0.4 is 5.56 Å². The molecule has 5 aromatic rings. The summed E-state index contributed by atoms with van der Waals surface area (Å²) < 4.78 is 3.40. The van der Waals surface area contributed by atoms with Crippen LogP contribution in [0.5, 0.6) is 0 Å². The second-order valence-corrected chi connectivity index (χ2v) is 7.03. The molecule has 0 aliphatic carbocycles. The van der Waals surface area contributed by atoms with E-state index < -0.39 is 0 Å². The first kappa shape index (κ1) is 16.7. The molecule has 0 bridgehead atoms. The molecule has 0 fully saturated rings. The topological polar surface area (TPSA) is 52.2 Å². The van der Waals surface area contributed by atoms with E-state index in [0.29, 0.717) is 17.0 Å². The van der Waals surface area contributed by atoms with Crippen LogP contribution in [-0.4, -0.2) is 19.2 Å². The molecule has 0 unspecified atom stereocenters. The number of rotatable bonds is 3. The molecule has 5 rings (SSSR count). The largest absolute Gasteiger partial charge is 0.310 e. The lowest BCUT2D eigenvalue weighted by Gasteiger charge is -2.08. The summed E-state index contributed by atoms with van der Waals surface area (Å²) in [5, 5.41) is 5.69. The van der Waals surface area contributed by atoms with E-state index in [-0.39, 0.29) is 5.56 Å². The number of hydrogen-bond acceptors (Lipinski definition) is 3. The van der Waals surface area contributed by atoms with E-state index in [1.54, 1.807) is 27.7 Å². The van der Waals surface area contributed by atoms with E-state index in [9.17, 15) is 4.79 Å². The van der Waals surface area contributed by atoms with E-state index in [1.165, 1.54) is 0 Å². The lowest BCUT2D eigenvalue weighted by molar-refractivity contribution is 0.765. The predicted octanol–water partition coefficient (Wildman–Crippen LogP) is 4.41. The second-order valence-electron chi connectivity index (χ2n) is 6.59. The Morgan fingerprint density at radius 2 is 1.71 bits per heavy atom. The van der Waals surface area contributed by atoms with E-state index in [1.807, 2.05) is 60.7 Å². The molecule has 5 nitrogen and oxygen atoms in total. The smallest absolute Gasteiger partial charge is 0.261 e. The first-order valence-electron chi connectivity index (χ1n) is 8.86. The molecule has 0 saturated heterocycles. The summed E-state index contributed by atoms with van der Waals surface area (Å²) in [6, 6.07) is 19.4. The zero-order chi connectivity index (χ0) is 19.1. The minimum Gasteiger partial charge on any atom is -0.310 e. The highest BCUT2D eigenvalue weighted by molar-refractivity contribution is 6.30. The van der Waals surface area contributed by atoms with Crippen LogP contribution in [0.1, 0.15) is 5.56 Å². The van der Waals surface area contributed by atoms with E-state index in [0.717, 1.165) is 27.9 Å². The van der Waals surface area contributed by atoms with Gasteiger partial charge in [-0.05, 0) is 29.3 Å². The van der Waals surface area contributed by atoms with Crippen LogP contribution in [0.4, 0.5) is 0 Å². The number of halogens is 1. The third-order valence-electron chi connectivity index (χ3n) is 4.82. The lowest BCUT2D eigenvalue weighted by atomic mass is 10.1. The molecular weight excluding hydrogens is 372 g/mol. The Labute approximate surface area is 165 Å². The normalized spacial score (nSPS) is 11.3. The Kier molecular flexibility index (Phi) is 3.95. The van der Waals surface area contributed by atoms with Gasteiger partial charge in [-0.15, -0.1) is 0 Å². The molecule has 0 aliphatic rings. The van der Waals surface area contributed by atoms with Gasteiger partial charge in [-0.25, -0.2) is 9.50 Å². The number of hydrogen-bond donors (Lipinski definition) is 0. The van der Waals surface area contributed by atoms with Gasteiger partial charge in [0.15, 0.2) is 5.65 Å². The molecule has 0 aliphatic heterocycles. The average Bonchev–Trinajstić information content (AvgIpc) is 3.17. The number of fused-ring (bicyclic) bond motifs is 3. The van der Waals surface area contributed by atoms with Crippen molar-refractivity contribution in [2.45, 2.75) is 6.54 Å². The first-order valence-corrected chi connectivity index (χ1v) is 9.24. The van der Waals surface area contributed by atoms with Gasteiger partial charge in [-0.3, -0.25) is 4.79 Å². The van der Waals surface area contributed by atoms with Crippen molar-refractivity contribution in [2.75, 3.05) is 0 Å². The van der Waals surface area contributed by atoms with Crippen molar-refractivity contribution in [2.24, 2.45) is 0 Å². The van der Waals surface area contributed by atoms with Crippen molar-refractivity contribution in [1.82, 2.24) is 19.2 Å². The van der Waals surface area contributed by atoms with Crippen LogP contribution in [0.3, 0.4) is 0 Å². The molecule has 0 saturated carbocycles. The highest BCUT2D eigenvalue weighted by atomic mass is 35.5. The van der Waals surface area contributed by atoms with Crippen molar-refractivity contribution >= 4 is 28.2 Å². The second kappa shape index (κ2) is 6.62. The highest BCUT2D eigenvalue weighted by Crippen LogP contribution is 2.24. The average molecular weight is 387 g/mol. The summed E-state index contributed by atoms with van der Waals surface area (Å²) in [5.74, 6) is 0. The van der Waals surface area contributed by atoms with Gasteiger partial charge in [-0.1, -0.05) is 54.1 Å². The summed E-state index contributed by atoms with van der Waals surface area (Å²) in [5.41, 5.74) is 4.36. The first-order chi connectivity index (χ1) is 13.7. The van der Waals surface area contributed by atoms with Gasteiger partial charge in [-0.2, -0.15) is 5.10 Å². The third kappa shape index (κ3) is 2.77. The van der Waals surface area contributed by atoms with Crippen molar-refractivity contribution < 1.29 is 0 Å². The number of pyridine rings is 1. The van der Waals surface area contributed by atoms with Gasteiger partial charge in [0.05, 0.1) is 23.6 Å². The van der Waals surface area contributed by atoms with E-state index in [2.05, 4.69) is 10.1 Å². The summed E-state index contributed by atoms with van der Waals surface area (Å²) in [6.07, 6.45) is 5.22. The van der Waals surface area contributed by atoms with Crippen LogP contribution >= 0.6 is 11.6 Å². The Balaban J connectivity index is 1.63. The van der Waals surface area contributed by atoms with Crippen molar-refractivity contribution in [1.29, 1.82) is 0 Å². The van der Waals surface area contributed by atoms with Gasteiger partial charge in [0.1, 0.15) is 0 Å². The summed E-state index contributed by atoms with van der Waals surface area (Å²) in [6.45, 7) is 0.471. The maximum atomic E-state index is 13.0. The van der Waals surface area contributed by atoms with Crippen LogP contribution in [-0.2, 0) is 6.54 Å². The molecule has 0 N–H and O–H groups in total. The molecule has 0 spiro atoms. The van der Waals surface area contributed by atoms with Gasteiger partial charge >= 0.3 is 0 Å². The summed E-state index contributed by atoms with van der Waals surface area (Å²) >= 11 is 5.94. The third-order valence-corrected chi connectivity index (χ3v) is 5.07. The van der Waals surface area contributed by atoms with Crippen molar-refractivity contribution in [3.05, 3.63) is 100 Å². The van der Waals surface area contributed by atoms with Crippen LogP contribution in [0.2, 0.25) is 5.02 Å². The Bertz CT molecular complexity index is 1350. The van der Waals surface area contributed by atoms with Crippen molar-refractivity contribution in [3.8, 4) is 11.1 Å². The van der Waals surface area contributed by atoms with Gasteiger partial charge in [0.25, 0.3) is 5.56 Å². The molecule has 2 aromatic carbocycles. The highest BCUT2D eigenvalue weighted by Gasteiger charge is 2.13. The maximum Gasteiger partial charge on any atom is 0.261 e. The minimum atomic E-state index is -0.0985. The molecule has 3 heterocycles. The quantitative estimate of drug-likeness (QED) is 0.461. The van der Waals surface area contributed by atoms with Gasteiger partial charge in [0, 0.05) is 23.0 Å². The Morgan fingerprint density at radius 3 is 2.50 bits per heavy atom. The van der Waals surface area contributed by atoms with Crippen LogP contribution in [0, 0.1) is 0 Å². The number of benzene rings is 2. The fourth-order valence-corrected chi connectivity index (χ4v) is 3.51. The van der Waals surface area contributed by atoms with E-state index in [4.69, 9.17) is 11.6 Å². The Morgan fingerprint density at radius 1 is 0.929 bits per heavy atom. The van der Waals surface area contributed by atoms with Crippen LogP contribution in [0.15, 0.2) is 84.0 Å². The maximum absolute atomic E-state index is 13.0. The summed E-state index contributed by atoms with van der Waals surface area (Å²) in [4.78, 5) is 17.5. The minimum absolute atomic E-state index is 0.0985. The number of aromatic nitrogens is 4. The standard InChI is InChI=1S/C22H15ClN4O/c23-17-8-6-15(7-9-17)14-26-11-10-20-19(22(26)28)12-24-21-18(13-25-27(20)21)16-4-2-1-3-5-16/h1-13H,14H2. The zero-order valence-corrected chi connectivity index (χ0v) is 15.5. The fourth-order valence-electron chi connectivity index (χ4n) is 3.39. The fraction of sp³-hybridized carbons (Fsp3) is 0.0455. The Hall–Kier alpha value is -3.44. The molecule has 0 amide bonds. The molecular formula is C22H15ClN4O. The molecule has 3 aromatic heterocycles. The van der Waals surface area contributed by atoms with Crippen molar-refractivity contribution in [3.63, 3.8) is 0 Å². The number of nitrogens with zero attached hydrogens (tertiary/aromatic N) is 4. The summed E-state index contributed by atoms with van der Waals surface area (Å²) in [7, 11) is 0. The van der Waals surface area contributed by atoms with E-state index >= 15 is 0 Å². The molecule has 28 heavy (non-hydrogen) atoms. The molecule has 6 heteroatoms.